The predicted molar refractivity (Wildman–Crippen MR) is 65.0 cm³/mol. The van der Waals surface area contributed by atoms with E-state index >= 15 is 0 Å². The average Bonchev–Trinajstić information content (AvgIpc) is 3.06. The zero-order valence-electron chi connectivity index (χ0n) is 9.37. The Morgan fingerprint density at radius 3 is 2.53 bits per heavy atom. The molecule has 1 fully saturated rings. The van der Waals surface area contributed by atoms with Crippen molar-refractivity contribution < 1.29 is 0 Å². The quantitative estimate of drug-likeness (QED) is 0.772. The Hall–Kier alpha value is -1.02. The van der Waals surface area contributed by atoms with Gasteiger partial charge in [-0.15, -0.1) is 0 Å². The molecule has 0 amide bonds. The van der Waals surface area contributed by atoms with Gasteiger partial charge in [-0.3, -0.25) is 0 Å². The number of nitrogens with two attached hydrogens (primary N) is 1. The maximum atomic E-state index is 5.60. The summed E-state index contributed by atoms with van der Waals surface area (Å²) in [5.41, 5.74) is 8.23. The third-order valence-corrected chi connectivity index (χ3v) is 3.30. The van der Waals surface area contributed by atoms with Crippen LogP contribution in [0, 0.1) is 11.8 Å². The average molecular weight is 204 g/mol. The van der Waals surface area contributed by atoms with Gasteiger partial charge < -0.3 is 11.1 Å². The maximum absolute atomic E-state index is 5.60. The molecular formula is C13H20N2. The highest BCUT2D eigenvalue weighted by atomic mass is 14.9. The molecule has 1 aliphatic carbocycles. The summed E-state index contributed by atoms with van der Waals surface area (Å²) in [6.07, 6.45) is 2.41. The lowest BCUT2D eigenvalue weighted by atomic mass is 10.1. The summed E-state index contributed by atoms with van der Waals surface area (Å²) in [7, 11) is 0. The summed E-state index contributed by atoms with van der Waals surface area (Å²) in [5, 5.41) is 3.47. The van der Waals surface area contributed by atoms with E-state index in [1.165, 1.54) is 17.7 Å². The van der Waals surface area contributed by atoms with Crippen LogP contribution >= 0.6 is 0 Å². The molecule has 0 unspecified atom stereocenters. The van der Waals surface area contributed by atoms with Crippen molar-refractivity contribution in [2.24, 2.45) is 17.6 Å². The van der Waals surface area contributed by atoms with E-state index < -0.39 is 0 Å². The first-order chi connectivity index (χ1) is 7.33. The first kappa shape index (κ1) is 10.5. The van der Waals surface area contributed by atoms with Gasteiger partial charge >= 0.3 is 0 Å². The van der Waals surface area contributed by atoms with Crippen molar-refractivity contribution in [1.82, 2.24) is 0 Å². The minimum Gasteiger partial charge on any atom is -0.385 e. The molecule has 2 atom stereocenters. The molecule has 0 saturated heterocycles. The minimum atomic E-state index is 0.771. The van der Waals surface area contributed by atoms with Gasteiger partial charge in [0.2, 0.25) is 0 Å². The molecule has 2 nitrogen and oxygen atoms in total. The van der Waals surface area contributed by atoms with Gasteiger partial charge in [0, 0.05) is 12.2 Å². The maximum Gasteiger partial charge on any atom is 0.0340 e. The Labute approximate surface area is 91.9 Å². The molecule has 0 aromatic heterocycles. The Morgan fingerprint density at radius 2 is 2.00 bits per heavy atom. The first-order valence-electron chi connectivity index (χ1n) is 5.86. The summed E-state index contributed by atoms with van der Waals surface area (Å²) < 4.78 is 0. The Morgan fingerprint density at radius 1 is 1.27 bits per heavy atom. The molecule has 2 rings (SSSR count). The molecule has 82 valence electrons. The van der Waals surface area contributed by atoms with Crippen LogP contribution < -0.4 is 11.1 Å². The Kier molecular flexibility index (Phi) is 3.27. The molecule has 0 spiro atoms. The van der Waals surface area contributed by atoms with Crippen LogP contribution in [-0.4, -0.2) is 13.1 Å². The van der Waals surface area contributed by atoms with Gasteiger partial charge in [-0.25, -0.2) is 0 Å². The molecule has 0 radical (unpaired) electrons. The number of hydrogen-bond donors (Lipinski definition) is 2. The van der Waals surface area contributed by atoms with Gasteiger partial charge in [0.15, 0.2) is 0 Å². The van der Waals surface area contributed by atoms with Crippen LogP contribution in [-0.2, 0) is 6.42 Å². The summed E-state index contributed by atoms with van der Waals surface area (Å²) in [4.78, 5) is 0. The molecule has 3 N–H and O–H groups in total. The minimum absolute atomic E-state index is 0.771. The molecule has 0 bridgehead atoms. The molecule has 1 aliphatic rings. The molecular weight excluding hydrogens is 184 g/mol. The van der Waals surface area contributed by atoms with E-state index in [-0.39, 0.29) is 0 Å². The van der Waals surface area contributed by atoms with E-state index in [4.69, 9.17) is 5.73 Å². The summed E-state index contributed by atoms with van der Waals surface area (Å²) >= 11 is 0. The smallest absolute Gasteiger partial charge is 0.0340 e. The van der Waals surface area contributed by atoms with Crippen molar-refractivity contribution in [3.63, 3.8) is 0 Å². The van der Waals surface area contributed by atoms with Crippen LogP contribution in [0.25, 0.3) is 0 Å². The van der Waals surface area contributed by atoms with Crippen LogP contribution in [0.1, 0.15) is 18.9 Å². The van der Waals surface area contributed by atoms with E-state index in [1.807, 2.05) is 0 Å². The van der Waals surface area contributed by atoms with Gasteiger partial charge in [-0.2, -0.15) is 0 Å². The lowest BCUT2D eigenvalue weighted by molar-refractivity contribution is 0.733. The molecule has 1 saturated carbocycles. The van der Waals surface area contributed by atoms with Crippen LogP contribution in [0.4, 0.5) is 5.69 Å². The Bertz CT molecular complexity index is 305. The second kappa shape index (κ2) is 4.67. The predicted octanol–water partition coefficient (Wildman–Crippen LogP) is 2.26. The largest absolute Gasteiger partial charge is 0.385 e. The van der Waals surface area contributed by atoms with Crippen LogP contribution in [0.2, 0.25) is 0 Å². The normalized spacial score (nSPS) is 23.9. The topological polar surface area (TPSA) is 38.0 Å². The number of nitrogens with one attached hydrogen (secondary N) is 1. The zero-order chi connectivity index (χ0) is 10.7. The lowest BCUT2D eigenvalue weighted by Crippen LogP contribution is -2.09. The second-order valence-electron chi connectivity index (χ2n) is 4.42. The van der Waals surface area contributed by atoms with E-state index in [2.05, 4.69) is 36.5 Å². The van der Waals surface area contributed by atoms with E-state index in [1.54, 1.807) is 0 Å². The van der Waals surface area contributed by atoms with E-state index in [0.717, 1.165) is 31.3 Å². The number of rotatable bonds is 5. The van der Waals surface area contributed by atoms with Crippen molar-refractivity contribution in [3.8, 4) is 0 Å². The van der Waals surface area contributed by atoms with E-state index in [0.29, 0.717) is 0 Å². The van der Waals surface area contributed by atoms with Gasteiger partial charge in [0.05, 0.1) is 0 Å². The van der Waals surface area contributed by atoms with Gasteiger partial charge in [0.25, 0.3) is 0 Å². The van der Waals surface area contributed by atoms with Crippen LogP contribution in [0.5, 0.6) is 0 Å². The van der Waals surface area contributed by atoms with Gasteiger partial charge in [-0.1, -0.05) is 19.1 Å². The third kappa shape index (κ3) is 2.72. The van der Waals surface area contributed by atoms with Crippen LogP contribution in [0.3, 0.4) is 0 Å². The van der Waals surface area contributed by atoms with Gasteiger partial charge in [0.1, 0.15) is 0 Å². The highest BCUT2D eigenvalue weighted by molar-refractivity contribution is 5.44. The van der Waals surface area contributed by atoms with Crippen molar-refractivity contribution in [1.29, 1.82) is 0 Å². The highest BCUT2D eigenvalue weighted by Crippen LogP contribution is 2.37. The monoisotopic (exact) mass is 204 g/mol. The SMILES string of the molecule is CCc1ccc(NC[C@H]2C[C@H]2CN)cc1. The number of hydrogen-bond acceptors (Lipinski definition) is 2. The third-order valence-electron chi connectivity index (χ3n) is 3.30. The lowest BCUT2D eigenvalue weighted by Gasteiger charge is -2.06. The molecule has 1 aromatic rings. The molecule has 0 heterocycles. The fraction of sp³-hybridized carbons (Fsp3) is 0.538. The molecule has 2 heteroatoms. The molecule has 0 aliphatic heterocycles. The van der Waals surface area contributed by atoms with Gasteiger partial charge in [-0.05, 0) is 48.9 Å². The van der Waals surface area contributed by atoms with E-state index in [9.17, 15) is 0 Å². The first-order valence-corrected chi connectivity index (χ1v) is 5.86. The fourth-order valence-corrected chi connectivity index (χ4v) is 1.96. The second-order valence-corrected chi connectivity index (χ2v) is 4.42. The zero-order valence-corrected chi connectivity index (χ0v) is 9.37. The van der Waals surface area contributed by atoms with Crippen molar-refractivity contribution in [3.05, 3.63) is 29.8 Å². The van der Waals surface area contributed by atoms with Crippen LogP contribution in [0.15, 0.2) is 24.3 Å². The standard InChI is InChI=1S/C13H20N2/c1-2-10-3-5-13(6-4-10)15-9-12-7-11(12)8-14/h3-6,11-12,15H,2,7-9,14H2,1H3/t11-,12+/m0/s1. The number of anilines is 1. The number of benzene rings is 1. The summed E-state index contributed by atoms with van der Waals surface area (Å²) in [6.45, 7) is 4.10. The summed E-state index contributed by atoms with van der Waals surface area (Å²) in [6, 6.07) is 8.71. The highest BCUT2D eigenvalue weighted by Gasteiger charge is 2.34. The fourth-order valence-electron chi connectivity index (χ4n) is 1.96. The Balaban J connectivity index is 1.79. The number of aryl methyl sites for hydroxylation is 1. The van der Waals surface area contributed by atoms with Crippen molar-refractivity contribution in [2.45, 2.75) is 19.8 Å². The summed E-state index contributed by atoms with van der Waals surface area (Å²) in [5.74, 6) is 1.58. The molecule has 15 heavy (non-hydrogen) atoms. The van der Waals surface area contributed by atoms with Crippen molar-refractivity contribution >= 4 is 5.69 Å². The molecule has 1 aromatic carbocycles. The van der Waals surface area contributed by atoms with Crippen molar-refractivity contribution in [2.75, 3.05) is 18.4 Å².